The van der Waals surface area contributed by atoms with Gasteiger partial charge < -0.3 is 5.43 Å². The number of piperidine rings is 1. The van der Waals surface area contributed by atoms with Gasteiger partial charge in [-0.3, -0.25) is 9.59 Å². The fourth-order valence-electron chi connectivity index (χ4n) is 4.81. The Hall–Kier alpha value is -1.68. The molecule has 122 valence electrons. The van der Waals surface area contributed by atoms with Gasteiger partial charge in [0.1, 0.15) is 0 Å². The topological polar surface area (TPSA) is 49.4 Å². The highest BCUT2D eigenvalue weighted by Crippen LogP contribution is 2.43. The molecule has 4 heteroatoms. The number of para-hydroxylation sites is 1. The van der Waals surface area contributed by atoms with E-state index in [1.165, 1.54) is 25.7 Å². The van der Waals surface area contributed by atoms with E-state index in [9.17, 15) is 9.59 Å². The van der Waals surface area contributed by atoms with E-state index >= 15 is 0 Å². The third-order valence-corrected chi connectivity index (χ3v) is 5.92. The average molecular weight is 312 g/mol. The Morgan fingerprint density at radius 3 is 2.57 bits per heavy atom. The summed E-state index contributed by atoms with van der Waals surface area (Å²) in [6.45, 7) is 0. The van der Waals surface area contributed by atoms with E-state index in [0.29, 0.717) is 18.4 Å². The smallest absolute Gasteiger partial charge is 0.203 e. The van der Waals surface area contributed by atoms with Gasteiger partial charge in [-0.15, -0.1) is 0 Å². The van der Waals surface area contributed by atoms with E-state index in [0.717, 1.165) is 18.5 Å². The number of hydrogen-bond donors (Lipinski definition) is 1. The molecule has 2 aliphatic carbocycles. The van der Waals surface area contributed by atoms with Crippen LogP contribution in [0.1, 0.15) is 44.9 Å². The molecule has 4 nitrogen and oxygen atoms in total. The molecule has 1 N–H and O–H groups in total. The first kappa shape index (κ1) is 14.9. The highest BCUT2D eigenvalue weighted by molar-refractivity contribution is 6.38. The molecule has 3 aliphatic rings. The van der Waals surface area contributed by atoms with Crippen molar-refractivity contribution in [3.8, 4) is 0 Å². The third-order valence-electron chi connectivity index (χ3n) is 5.92. The van der Waals surface area contributed by atoms with Crippen molar-refractivity contribution in [3.63, 3.8) is 0 Å². The Morgan fingerprint density at radius 2 is 1.74 bits per heavy atom. The molecule has 1 saturated heterocycles. The fourth-order valence-corrected chi connectivity index (χ4v) is 4.81. The molecular weight excluding hydrogens is 288 g/mol. The summed E-state index contributed by atoms with van der Waals surface area (Å²) in [5.41, 5.74) is 4.66. The molecule has 4 atom stereocenters. The molecule has 1 aromatic carbocycles. The fraction of sp³-hybridized carbons (Fsp3) is 0.579. The van der Waals surface area contributed by atoms with Crippen LogP contribution in [0, 0.1) is 11.8 Å². The molecule has 1 aromatic rings. The lowest BCUT2D eigenvalue weighted by atomic mass is 9.68. The summed E-state index contributed by atoms with van der Waals surface area (Å²) in [5.74, 6) is 0.160. The Labute approximate surface area is 137 Å². The summed E-state index contributed by atoms with van der Waals surface area (Å²) in [5, 5.41) is 2.34. The Morgan fingerprint density at radius 1 is 0.957 bits per heavy atom. The van der Waals surface area contributed by atoms with Gasteiger partial charge in [-0.2, -0.15) is 0 Å². The van der Waals surface area contributed by atoms with Crippen LogP contribution in [0.5, 0.6) is 0 Å². The summed E-state index contributed by atoms with van der Waals surface area (Å²) in [6, 6.07) is 10.9. The highest BCUT2D eigenvalue weighted by atomic mass is 16.2. The van der Waals surface area contributed by atoms with Crippen LogP contribution >= 0.6 is 0 Å². The molecule has 1 aliphatic heterocycles. The SMILES string of the molecule is O=C1CCC2C(CC3CCCCC3N2Nc2ccccc2)C1=O. The van der Waals surface area contributed by atoms with E-state index in [-0.39, 0.29) is 23.5 Å². The van der Waals surface area contributed by atoms with Crippen molar-refractivity contribution >= 4 is 17.3 Å². The van der Waals surface area contributed by atoms with Crippen LogP contribution in [-0.2, 0) is 9.59 Å². The molecule has 2 saturated carbocycles. The normalized spacial score (nSPS) is 34.6. The minimum Gasteiger partial charge on any atom is -0.318 e. The first-order valence-electron chi connectivity index (χ1n) is 8.91. The van der Waals surface area contributed by atoms with Gasteiger partial charge in [0.25, 0.3) is 0 Å². The minimum absolute atomic E-state index is 0.105. The number of rotatable bonds is 2. The van der Waals surface area contributed by atoms with Crippen molar-refractivity contribution in [2.45, 2.75) is 57.0 Å². The maximum atomic E-state index is 12.4. The van der Waals surface area contributed by atoms with Gasteiger partial charge in [-0.1, -0.05) is 31.0 Å². The van der Waals surface area contributed by atoms with E-state index in [1.54, 1.807) is 0 Å². The number of nitrogens with one attached hydrogen (secondary N) is 1. The lowest BCUT2D eigenvalue weighted by Crippen LogP contribution is -2.61. The van der Waals surface area contributed by atoms with Crippen molar-refractivity contribution < 1.29 is 9.59 Å². The molecule has 23 heavy (non-hydrogen) atoms. The molecule has 0 aromatic heterocycles. The summed E-state index contributed by atoms with van der Waals surface area (Å²) >= 11 is 0. The number of nitrogens with zero attached hydrogens (tertiary/aromatic N) is 1. The Balaban J connectivity index is 1.64. The Kier molecular flexibility index (Phi) is 3.93. The van der Waals surface area contributed by atoms with Crippen molar-refractivity contribution in [2.24, 2.45) is 11.8 Å². The molecule has 4 rings (SSSR count). The second-order valence-electron chi connectivity index (χ2n) is 7.23. The summed E-state index contributed by atoms with van der Waals surface area (Å²) in [6.07, 6.45) is 7.01. The van der Waals surface area contributed by atoms with Gasteiger partial charge in [0, 0.05) is 30.1 Å². The maximum absolute atomic E-state index is 12.4. The van der Waals surface area contributed by atoms with Crippen LogP contribution in [0.25, 0.3) is 0 Å². The van der Waals surface area contributed by atoms with Crippen molar-refractivity contribution in [1.82, 2.24) is 5.01 Å². The second kappa shape index (κ2) is 6.08. The number of carbonyl (C=O) groups is 2. The molecule has 4 unspecified atom stereocenters. The Bertz CT molecular complexity index is 601. The van der Waals surface area contributed by atoms with Crippen LogP contribution in [-0.4, -0.2) is 28.7 Å². The van der Waals surface area contributed by atoms with Gasteiger partial charge in [0.05, 0.1) is 0 Å². The van der Waals surface area contributed by atoms with Crippen LogP contribution < -0.4 is 5.43 Å². The number of Topliss-reactive ketones (excluding diaryl/α,β-unsaturated/α-hetero) is 2. The zero-order chi connectivity index (χ0) is 15.8. The first-order valence-corrected chi connectivity index (χ1v) is 8.91. The largest absolute Gasteiger partial charge is 0.318 e. The number of hydrogen-bond acceptors (Lipinski definition) is 4. The van der Waals surface area contributed by atoms with E-state index in [4.69, 9.17) is 0 Å². The average Bonchev–Trinajstić information content (AvgIpc) is 2.59. The van der Waals surface area contributed by atoms with Crippen molar-refractivity contribution in [2.75, 3.05) is 5.43 Å². The lowest BCUT2D eigenvalue weighted by Gasteiger charge is -2.52. The predicted octanol–water partition coefficient (Wildman–Crippen LogP) is 3.19. The summed E-state index contributed by atoms with van der Waals surface area (Å²) in [4.78, 5) is 24.3. The molecular formula is C19H24N2O2. The van der Waals surface area contributed by atoms with Crippen molar-refractivity contribution in [3.05, 3.63) is 30.3 Å². The van der Waals surface area contributed by atoms with Crippen LogP contribution in [0.3, 0.4) is 0 Å². The van der Waals surface area contributed by atoms with E-state index in [1.807, 2.05) is 18.2 Å². The van der Waals surface area contributed by atoms with Crippen LogP contribution in [0.4, 0.5) is 5.69 Å². The molecule has 0 amide bonds. The number of hydrazine groups is 1. The molecule has 0 radical (unpaired) electrons. The standard InChI is InChI=1S/C19H24N2O2/c22-18-11-10-17-15(19(18)23)12-13-6-4-5-9-16(13)21(17)20-14-7-2-1-3-8-14/h1-3,7-8,13,15-17,20H,4-6,9-12H2. The zero-order valence-electron chi connectivity index (χ0n) is 13.4. The highest BCUT2D eigenvalue weighted by Gasteiger charge is 2.49. The number of anilines is 1. The minimum atomic E-state index is -0.153. The summed E-state index contributed by atoms with van der Waals surface area (Å²) < 4.78 is 0. The van der Waals surface area contributed by atoms with Crippen LogP contribution in [0.2, 0.25) is 0 Å². The maximum Gasteiger partial charge on any atom is 0.203 e. The monoisotopic (exact) mass is 312 g/mol. The lowest BCUT2D eigenvalue weighted by molar-refractivity contribution is -0.147. The zero-order valence-corrected chi connectivity index (χ0v) is 13.4. The van der Waals surface area contributed by atoms with Gasteiger partial charge in [0.2, 0.25) is 5.78 Å². The van der Waals surface area contributed by atoms with E-state index in [2.05, 4.69) is 22.6 Å². The first-order chi connectivity index (χ1) is 11.2. The number of carbonyl (C=O) groups excluding carboxylic acids is 2. The molecule has 1 heterocycles. The predicted molar refractivity (Wildman–Crippen MR) is 88.8 cm³/mol. The second-order valence-corrected chi connectivity index (χ2v) is 7.23. The molecule has 3 fully saturated rings. The van der Waals surface area contributed by atoms with Crippen molar-refractivity contribution in [1.29, 1.82) is 0 Å². The van der Waals surface area contributed by atoms with E-state index < -0.39 is 0 Å². The number of benzene rings is 1. The van der Waals surface area contributed by atoms with Gasteiger partial charge >= 0.3 is 0 Å². The number of ketones is 2. The van der Waals surface area contributed by atoms with Gasteiger partial charge in [-0.25, -0.2) is 5.01 Å². The molecule has 0 spiro atoms. The van der Waals surface area contributed by atoms with Gasteiger partial charge in [-0.05, 0) is 43.7 Å². The third kappa shape index (κ3) is 2.69. The quantitative estimate of drug-likeness (QED) is 0.852. The van der Waals surface area contributed by atoms with Gasteiger partial charge in [0.15, 0.2) is 5.78 Å². The van der Waals surface area contributed by atoms with Crippen LogP contribution in [0.15, 0.2) is 30.3 Å². The number of fused-ring (bicyclic) bond motifs is 2. The molecule has 0 bridgehead atoms. The summed E-state index contributed by atoms with van der Waals surface area (Å²) in [7, 11) is 0.